The second-order valence-corrected chi connectivity index (χ2v) is 7.76. The number of carbonyl (C=O) groups is 2. The van der Waals surface area contributed by atoms with E-state index in [1.807, 2.05) is 37.3 Å². The number of alkyl carbamates (subject to hydrolysis) is 1. The van der Waals surface area contributed by atoms with Crippen molar-refractivity contribution in [2.45, 2.75) is 57.2 Å². The zero-order valence-electron chi connectivity index (χ0n) is 17.9. The van der Waals surface area contributed by atoms with Crippen molar-refractivity contribution in [1.29, 1.82) is 0 Å². The molecule has 2 aromatic rings. The second kappa shape index (κ2) is 10.8. The number of aromatic nitrogens is 2. The molecule has 0 radical (unpaired) electrons. The molecule has 1 aromatic carbocycles. The van der Waals surface area contributed by atoms with Gasteiger partial charge >= 0.3 is 6.09 Å². The van der Waals surface area contributed by atoms with Crippen LogP contribution in [0.15, 0.2) is 30.3 Å². The highest BCUT2D eigenvalue weighted by Crippen LogP contribution is 2.35. The Labute approximate surface area is 181 Å². The standard InChI is InChI=1S/C22H30N4O5/c1-3-16(27)13-23-22(29)31-18-9-6-15(11-18)19-12-20(26-25-19)24-21(28)10-14-4-7-17(30-2)8-5-14/h4-5,7-8,12,15-16,18,27H,3,6,9-11,13H2,1-2H3,(H,23,29)(H2,24,25,26,28)/t15-,16?,18+/m0/s1. The van der Waals surface area contributed by atoms with Crippen LogP contribution < -0.4 is 15.4 Å². The fourth-order valence-electron chi connectivity index (χ4n) is 3.59. The molecule has 4 N–H and O–H groups in total. The maximum Gasteiger partial charge on any atom is 0.407 e. The number of H-pyrrole nitrogens is 1. The zero-order chi connectivity index (χ0) is 22.2. The fraction of sp³-hybridized carbons (Fsp3) is 0.500. The predicted molar refractivity (Wildman–Crippen MR) is 115 cm³/mol. The van der Waals surface area contributed by atoms with Crippen LogP contribution in [0.1, 0.15) is 49.8 Å². The molecule has 1 unspecified atom stereocenters. The van der Waals surface area contributed by atoms with Crippen LogP contribution >= 0.6 is 0 Å². The number of aliphatic hydroxyl groups excluding tert-OH is 1. The fourth-order valence-corrected chi connectivity index (χ4v) is 3.59. The van der Waals surface area contributed by atoms with Gasteiger partial charge in [-0.15, -0.1) is 0 Å². The number of ether oxygens (including phenoxy) is 2. The van der Waals surface area contributed by atoms with Gasteiger partial charge in [0.1, 0.15) is 11.9 Å². The van der Waals surface area contributed by atoms with Crippen molar-refractivity contribution in [1.82, 2.24) is 15.5 Å². The van der Waals surface area contributed by atoms with Crippen LogP contribution in [0.4, 0.5) is 10.6 Å². The Bertz CT molecular complexity index is 867. The van der Waals surface area contributed by atoms with Crippen molar-refractivity contribution in [3.8, 4) is 5.75 Å². The van der Waals surface area contributed by atoms with Crippen molar-refractivity contribution in [3.05, 3.63) is 41.6 Å². The number of aromatic amines is 1. The lowest BCUT2D eigenvalue weighted by atomic mass is 10.0. The maximum atomic E-state index is 12.3. The smallest absolute Gasteiger partial charge is 0.407 e. The van der Waals surface area contributed by atoms with Gasteiger partial charge in [0.2, 0.25) is 5.91 Å². The van der Waals surface area contributed by atoms with Gasteiger partial charge in [-0.2, -0.15) is 5.10 Å². The highest BCUT2D eigenvalue weighted by molar-refractivity contribution is 5.91. The van der Waals surface area contributed by atoms with Crippen molar-refractivity contribution in [2.24, 2.45) is 0 Å². The molecule has 1 fully saturated rings. The molecule has 1 aliphatic rings. The molecule has 1 aromatic heterocycles. The second-order valence-electron chi connectivity index (χ2n) is 7.76. The van der Waals surface area contributed by atoms with Crippen LogP contribution in [0, 0.1) is 0 Å². The minimum absolute atomic E-state index is 0.151. The Morgan fingerprint density at radius 1 is 1.29 bits per heavy atom. The van der Waals surface area contributed by atoms with E-state index in [1.165, 1.54) is 0 Å². The van der Waals surface area contributed by atoms with E-state index in [4.69, 9.17) is 9.47 Å². The van der Waals surface area contributed by atoms with Crippen LogP contribution in [0.3, 0.4) is 0 Å². The first-order chi connectivity index (χ1) is 15.0. The third kappa shape index (κ3) is 6.71. The molecule has 0 saturated heterocycles. The highest BCUT2D eigenvalue weighted by Gasteiger charge is 2.30. The molecule has 1 aliphatic carbocycles. The third-order valence-electron chi connectivity index (χ3n) is 5.44. The average Bonchev–Trinajstić information content (AvgIpc) is 3.42. The average molecular weight is 431 g/mol. The number of anilines is 1. The molecule has 0 bridgehead atoms. The van der Waals surface area contributed by atoms with Crippen molar-refractivity contribution in [2.75, 3.05) is 19.0 Å². The van der Waals surface area contributed by atoms with E-state index in [2.05, 4.69) is 20.8 Å². The Kier molecular flexibility index (Phi) is 7.88. The largest absolute Gasteiger partial charge is 0.497 e. The van der Waals surface area contributed by atoms with E-state index in [0.29, 0.717) is 18.7 Å². The first-order valence-corrected chi connectivity index (χ1v) is 10.6. The van der Waals surface area contributed by atoms with Gasteiger partial charge in [-0.25, -0.2) is 4.79 Å². The number of amides is 2. The summed E-state index contributed by atoms with van der Waals surface area (Å²) >= 11 is 0. The van der Waals surface area contributed by atoms with Crippen LogP contribution in [0.5, 0.6) is 5.75 Å². The van der Waals surface area contributed by atoms with Crippen LogP contribution in [-0.2, 0) is 16.0 Å². The van der Waals surface area contributed by atoms with E-state index in [1.54, 1.807) is 7.11 Å². The number of aliphatic hydroxyl groups is 1. The Balaban J connectivity index is 1.45. The van der Waals surface area contributed by atoms with Gasteiger partial charge in [-0.3, -0.25) is 9.89 Å². The highest BCUT2D eigenvalue weighted by atomic mass is 16.6. The molecule has 3 rings (SSSR count). The summed E-state index contributed by atoms with van der Waals surface area (Å²) in [6, 6.07) is 9.18. The Hall–Kier alpha value is -3.07. The van der Waals surface area contributed by atoms with Gasteiger partial charge in [0.05, 0.1) is 19.6 Å². The quantitative estimate of drug-likeness (QED) is 0.485. The van der Waals surface area contributed by atoms with Crippen LogP contribution in [0.2, 0.25) is 0 Å². The van der Waals surface area contributed by atoms with Crippen molar-refractivity contribution in [3.63, 3.8) is 0 Å². The van der Waals surface area contributed by atoms with Gasteiger partial charge in [-0.1, -0.05) is 19.1 Å². The van der Waals surface area contributed by atoms with Gasteiger partial charge in [0, 0.05) is 24.2 Å². The summed E-state index contributed by atoms with van der Waals surface area (Å²) in [6.45, 7) is 2.03. The molecule has 3 atom stereocenters. The molecule has 9 nitrogen and oxygen atoms in total. The van der Waals surface area contributed by atoms with E-state index in [-0.39, 0.29) is 30.9 Å². The first kappa shape index (κ1) is 22.6. The van der Waals surface area contributed by atoms with E-state index in [0.717, 1.165) is 29.8 Å². The predicted octanol–water partition coefficient (Wildman–Crippen LogP) is 2.73. The van der Waals surface area contributed by atoms with Crippen molar-refractivity contribution >= 4 is 17.8 Å². The number of methoxy groups -OCH3 is 1. The SMILES string of the molecule is CCC(O)CNC(=O)O[C@@H]1CC[C@H](c2cc(NC(=O)Cc3ccc(OC)cc3)n[nH]2)C1. The minimum Gasteiger partial charge on any atom is -0.497 e. The van der Waals surface area contributed by atoms with Crippen LogP contribution in [0.25, 0.3) is 0 Å². The molecule has 1 saturated carbocycles. The summed E-state index contributed by atoms with van der Waals surface area (Å²) in [5, 5.41) is 22.1. The molecule has 168 valence electrons. The zero-order valence-corrected chi connectivity index (χ0v) is 17.9. The van der Waals surface area contributed by atoms with E-state index < -0.39 is 12.2 Å². The van der Waals surface area contributed by atoms with E-state index >= 15 is 0 Å². The molecular formula is C22H30N4O5. The number of benzene rings is 1. The molecule has 1 heterocycles. The minimum atomic E-state index is -0.563. The number of nitrogens with zero attached hydrogens (tertiary/aromatic N) is 1. The third-order valence-corrected chi connectivity index (χ3v) is 5.44. The van der Waals surface area contributed by atoms with Crippen LogP contribution in [-0.4, -0.2) is 53.2 Å². The summed E-state index contributed by atoms with van der Waals surface area (Å²) in [5.41, 5.74) is 1.79. The lowest BCUT2D eigenvalue weighted by molar-refractivity contribution is -0.115. The maximum absolute atomic E-state index is 12.3. The number of hydrogen-bond donors (Lipinski definition) is 4. The number of rotatable bonds is 9. The summed E-state index contributed by atoms with van der Waals surface area (Å²) in [4.78, 5) is 24.1. The summed E-state index contributed by atoms with van der Waals surface area (Å²) in [6.07, 6.45) is 1.87. The normalized spacial score (nSPS) is 18.9. The molecule has 0 aliphatic heterocycles. The topological polar surface area (TPSA) is 126 Å². The van der Waals surface area contributed by atoms with Gasteiger partial charge in [0.25, 0.3) is 0 Å². The molecule has 0 spiro atoms. The lowest BCUT2D eigenvalue weighted by Crippen LogP contribution is -2.34. The lowest BCUT2D eigenvalue weighted by Gasteiger charge is -2.14. The number of nitrogens with one attached hydrogen (secondary N) is 3. The van der Waals surface area contributed by atoms with E-state index in [9.17, 15) is 14.7 Å². The molecule has 2 amide bonds. The van der Waals surface area contributed by atoms with Crippen molar-refractivity contribution < 1.29 is 24.2 Å². The number of carbonyl (C=O) groups excluding carboxylic acids is 2. The van der Waals surface area contributed by atoms with Gasteiger partial charge in [0.15, 0.2) is 5.82 Å². The summed E-state index contributed by atoms with van der Waals surface area (Å²) in [7, 11) is 1.60. The first-order valence-electron chi connectivity index (χ1n) is 10.6. The Morgan fingerprint density at radius 2 is 2.06 bits per heavy atom. The summed E-state index contributed by atoms with van der Waals surface area (Å²) < 4.78 is 10.6. The molecule has 31 heavy (non-hydrogen) atoms. The summed E-state index contributed by atoms with van der Waals surface area (Å²) in [5.74, 6) is 1.25. The van der Waals surface area contributed by atoms with Gasteiger partial charge in [-0.05, 0) is 43.4 Å². The number of hydrogen-bond acceptors (Lipinski definition) is 6. The molecule has 9 heteroatoms. The molecular weight excluding hydrogens is 400 g/mol. The van der Waals surface area contributed by atoms with Gasteiger partial charge < -0.3 is 25.2 Å². The monoisotopic (exact) mass is 430 g/mol. The Morgan fingerprint density at radius 3 is 2.77 bits per heavy atom.